The maximum absolute atomic E-state index is 5.11. The molecule has 0 aliphatic carbocycles. The predicted molar refractivity (Wildman–Crippen MR) is 150 cm³/mol. The SMILES string of the molecule is C#CC/C=C\C/C=C(\C)CCNC.CCN(C)C1=Nc2ccccc2Nc2sc(C(C)C)nc21. The summed E-state index contributed by atoms with van der Waals surface area (Å²) in [5.41, 5.74) is 4.39. The second-order valence-corrected chi connectivity index (χ2v) is 9.53. The molecule has 1 aromatic carbocycles. The van der Waals surface area contributed by atoms with Crippen molar-refractivity contribution in [3.8, 4) is 12.3 Å². The van der Waals surface area contributed by atoms with Gasteiger partial charge in [-0.05, 0) is 52.4 Å². The molecule has 2 heterocycles. The van der Waals surface area contributed by atoms with Crippen LogP contribution in [0.2, 0.25) is 0 Å². The number of aliphatic imine (C=N–C) groups is 1. The molecule has 0 saturated carbocycles. The van der Waals surface area contributed by atoms with E-state index in [0.717, 1.165) is 65.3 Å². The van der Waals surface area contributed by atoms with E-state index >= 15 is 0 Å². The number of nitrogens with one attached hydrogen (secondary N) is 2. The van der Waals surface area contributed by atoms with Crippen LogP contribution in [-0.2, 0) is 0 Å². The number of rotatable bonds is 8. The molecule has 182 valence electrons. The number of benzene rings is 1. The van der Waals surface area contributed by atoms with E-state index in [9.17, 15) is 0 Å². The zero-order valence-electron chi connectivity index (χ0n) is 21.5. The molecular formula is C28H39N5S. The van der Waals surface area contributed by atoms with Gasteiger partial charge in [0.05, 0.1) is 16.4 Å². The number of amidine groups is 1. The molecule has 0 fully saturated rings. The molecule has 6 heteroatoms. The molecule has 0 radical (unpaired) electrons. The van der Waals surface area contributed by atoms with Crippen LogP contribution in [0.3, 0.4) is 0 Å². The van der Waals surface area contributed by atoms with Crippen molar-refractivity contribution in [3.63, 3.8) is 0 Å². The Labute approximate surface area is 210 Å². The van der Waals surface area contributed by atoms with Gasteiger partial charge in [-0.3, -0.25) is 0 Å². The molecule has 3 rings (SSSR count). The van der Waals surface area contributed by atoms with E-state index in [4.69, 9.17) is 16.4 Å². The fraction of sp³-hybridized carbons (Fsp3) is 0.429. The molecule has 1 aromatic heterocycles. The second-order valence-electron chi connectivity index (χ2n) is 8.50. The van der Waals surface area contributed by atoms with E-state index < -0.39 is 0 Å². The summed E-state index contributed by atoms with van der Waals surface area (Å²) >= 11 is 1.72. The van der Waals surface area contributed by atoms with Crippen molar-refractivity contribution < 1.29 is 0 Å². The Hall–Kier alpha value is -2.88. The standard InChI is InChI=1S/C16H20N4S.C12H19N/c1-5-20(4)14-13-16(21-15(19-13)10(2)3)18-12-9-7-6-8-11(12)17-14;1-4-5-6-7-8-9-12(2)10-11-13-3/h6-10,18H,5H2,1-4H3;1,6-7,9,13H,5,8,10-11H2,2-3H3/b;7-6-,12-9+. The molecule has 5 nitrogen and oxygen atoms in total. The lowest BCUT2D eigenvalue weighted by molar-refractivity contribution is 0.535. The first-order chi connectivity index (χ1) is 16.4. The molecule has 0 unspecified atom stereocenters. The summed E-state index contributed by atoms with van der Waals surface area (Å²) in [5.74, 6) is 3.93. The van der Waals surface area contributed by atoms with Gasteiger partial charge in [-0.25, -0.2) is 9.98 Å². The molecule has 34 heavy (non-hydrogen) atoms. The molecule has 0 bridgehead atoms. The van der Waals surface area contributed by atoms with Gasteiger partial charge in [0.15, 0.2) is 5.84 Å². The average molecular weight is 478 g/mol. The van der Waals surface area contributed by atoms with Crippen LogP contribution in [-0.4, -0.2) is 42.9 Å². The second kappa shape index (κ2) is 14.4. The van der Waals surface area contributed by atoms with Crippen molar-refractivity contribution in [2.24, 2.45) is 4.99 Å². The van der Waals surface area contributed by atoms with E-state index in [1.54, 1.807) is 11.3 Å². The van der Waals surface area contributed by atoms with E-state index in [1.807, 2.05) is 31.3 Å². The first-order valence-electron chi connectivity index (χ1n) is 12.0. The summed E-state index contributed by atoms with van der Waals surface area (Å²) in [5, 5.41) is 8.85. The zero-order chi connectivity index (χ0) is 24.9. The van der Waals surface area contributed by atoms with Crippen LogP contribution in [0.1, 0.15) is 63.6 Å². The highest BCUT2D eigenvalue weighted by atomic mass is 32.1. The maximum atomic E-state index is 5.11. The fourth-order valence-electron chi connectivity index (χ4n) is 3.14. The number of fused-ring (bicyclic) bond motifs is 2. The molecule has 1 aliphatic rings. The first-order valence-corrected chi connectivity index (χ1v) is 12.8. The Bertz CT molecular complexity index is 1040. The van der Waals surface area contributed by atoms with Crippen molar-refractivity contribution in [3.05, 3.63) is 58.8 Å². The molecule has 0 amide bonds. The number of para-hydroxylation sites is 2. The highest BCUT2D eigenvalue weighted by Crippen LogP contribution is 2.38. The van der Waals surface area contributed by atoms with Crippen molar-refractivity contribution in [1.29, 1.82) is 0 Å². The minimum absolute atomic E-state index is 0.423. The topological polar surface area (TPSA) is 52.5 Å². The van der Waals surface area contributed by atoms with Crippen molar-refractivity contribution in [2.75, 3.05) is 32.5 Å². The number of hydrogen-bond donors (Lipinski definition) is 2. The number of hydrogen-bond acceptors (Lipinski definition) is 6. The number of nitrogens with zero attached hydrogens (tertiary/aromatic N) is 3. The van der Waals surface area contributed by atoms with E-state index in [-0.39, 0.29) is 0 Å². The Morgan fingerprint density at radius 2 is 2.06 bits per heavy atom. The molecule has 2 N–H and O–H groups in total. The Kier molecular flexibility index (Phi) is 11.6. The summed E-state index contributed by atoms with van der Waals surface area (Å²) in [6.07, 6.45) is 14.4. The van der Waals surface area contributed by atoms with Crippen molar-refractivity contribution in [2.45, 2.75) is 52.9 Å². The minimum atomic E-state index is 0.423. The van der Waals surface area contributed by atoms with Gasteiger partial charge >= 0.3 is 0 Å². The predicted octanol–water partition coefficient (Wildman–Crippen LogP) is 6.87. The molecule has 0 saturated heterocycles. The van der Waals surface area contributed by atoms with Crippen LogP contribution >= 0.6 is 11.3 Å². The van der Waals surface area contributed by atoms with Crippen LogP contribution < -0.4 is 10.6 Å². The van der Waals surface area contributed by atoms with Gasteiger partial charge in [0.2, 0.25) is 0 Å². The van der Waals surface area contributed by atoms with E-state index in [2.05, 4.69) is 74.4 Å². The van der Waals surface area contributed by atoms with Crippen molar-refractivity contribution in [1.82, 2.24) is 15.2 Å². The Balaban J connectivity index is 0.000000273. The third kappa shape index (κ3) is 8.16. The lowest BCUT2D eigenvalue weighted by Gasteiger charge is -2.17. The highest BCUT2D eigenvalue weighted by Gasteiger charge is 2.24. The van der Waals surface area contributed by atoms with Crippen molar-refractivity contribution >= 4 is 33.5 Å². The number of allylic oxidation sites excluding steroid dienone is 3. The van der Waals surface area contributed by atoms with Crippen LogP contribution in [0.25, 0.3) is 0 Å². The lowest BCUT2D eigenvalue weighted by Crippen LogP contribution is -2.27. The maximum Gasteiger partial charge on any atom is 0.158 e. The van der Waals surface area contributed by atoms with Gasteiger partial charge in [0.1, 0.15) is 10.7 Å². The van der Waals surface area contributed by atoms with Gasteiger partial charge in [0, 0.05) is 25.9 Å². The molecular weight excluding hydrogens is 438 g/mol. The van der Waals surface area contributed by atoms with Gasteiger partial charge in [0.25, 0.3) is 0 Å². The number of anilines is 2. The summed E-state index contributed by atoms with van der Waals surface area (Å²) in [7, 11) is 4.03. The Morgan fingerprint density at radius 3 is 2.74 bits per heavy atom. The third-order valence-corrected chi connectivity index (χ3v) is 6.61. The molecule has 0 spiro atoms. The number of thiazole rings is 1. The summed E-state index contributed by atoms with van der Waals surface area (Å²) < 4.78 is 0. The first kappa shape index (κ1) is 27.4. The highest BCUT2D eigenvalue weighted by molar-refractivity contribution is 7.16. The average Bonchev–Trinajstić information content (AvgIpc) is 3.19. The summed E-state index contributed by atoms with van der Waals surface area (Å²) in [4.78, 5) is 11.8. The normalized spacial score (nSPS) is 12.6. The van der Waals surface area contributed by atoms with Crippen LogP contribution in [0.5, 0.6) is 0 Å². The Morgan fingerprint density at radius 1 is 1.29 bits per heavy atom. The van der Waals surface area contributed by atoms with Crippen LogP contribution in [0, 0.1) is 12.3 Å². The minimum Gasteiger partial charge on any atom is -0.358 e. The van der Waals surface area contributed by atoms with Gasteiger partial charge < -0.3 is 15.5 Å². The van der Waals surface area contributed by atoms with Crippen LogP contribution in [0.15, 0.2) is 53.1 Å². The molecule has 2 aromatic rings. The van der Waals surface area contributed by atoms with Gasteiger partial charge in [-0.1, -0.05) is 49.8 Å². The monoisotopic (exact) mass is 477 g/mol. The molecule has 0 atom stereocenters. The van der Waals surface area contributed by atoms with Gasteiger partial charge in [-0.15, -0.1) is 23.7 Å². The lowest BCUT2D eigenvalue weighted by atomic mass is 10.2. The van der Waals surface area contributed by atoms with Crippen LogP contribution in [0.4, 0.5) is 16.4 Å². The smallest absolute Gasteiger partial charge is 0.158 e. The summed E-state index contributed by atoms with van der Waals surface area (Å²) in [6.45, 7) is 10.6. The zero-order valence-corrected chi connectivity index (χ0v) is 22.3. The van der Waals surface area contributed by atoms with Gasteiger partial charge in [-0.2, -0.15) is 0 Å². The van der Waals surface area contributed by atoms with E-state index in [0.29, 0.717) is 5.92 Å². The number of terminal acetylenes is 1. The summed E-state index contributed by atoms with van der Waals surface area (Å²) in [6, 6.07) is 8.14. The third-order valence-electron chi connectivity index (χ3n) is 5.34. The molecule has 1 aliphatic heterocycles. The quantitative estimate of drug-likeness (QED) is 0.322. The fourth-order valence-corrected chi connectivity index (χ4v) is 4.12. The number of aromatic nitrogens is 1. The largest absolute Gasteiger partial charge is 0.358 e. The van der Waals surface area contributed by atoms with E-state index in [1.165, 1.54) is 5.57 Å².